The predicted octanol–water partition coefficient (Wildman–Crippen LogP) is 11.6. The first-order chi connectivity index (χ1) is 23.2. The van der Waals surface area contributed by atoms with Crippen LogP contribution in [0, 0.1) is 12.3 Å². The number of aromatic nitrogens is 1. The van der Waals surface area contributed by atoms with Gasteiger partial charge < -0.3 is 9.98 Å². The average Bonchev–Trinajstić information content (AvgIpc) is 3.64. The zero-order valence-electron chi connectivity index (χ0n) is 26.1. The van der Waals surface area contributed by atoms with E-state index >= 15 is 0 Å². The molecule has 0 fully saturated rings. The number of nitrogens with one attached hydrogen (secondary N) is 1. The second kappa shape index (κ2) is 10.8. The lowest BCUT2D eigenvalue weighted by Gasteiger charge is -2.19. The van der Waals surface area contributed by atoms with Crippen molar-refractivity contribution < 1.29 is 0 Å². The average molecular weight is 601 g/mol. The van der Waals surface area contributed by atoms with E-state index in [1.807, 2.05) is 12.1 Å². The zero-order chi connectivity index (χ0) is 31.5. The molecule has 9 rings (SSSR count). The van der Waals surface area contributed by atoms with Gasteiger partial charge in [0.25, 0.3) is 0 Å². The maximum Gasteiger partial charge on any atom is 0.0550 e. The Morgan fingerprint density at radius 2 is 1.21 bits per heavy atom. The van der Waals surface area contributed by atoms with E-state index < -0.39 is 0 Å². The van der Waals surface area contributed by atoms with Crippen molar-refractivity contribution in [1.29, 1.82) is 5.41 Å². The van der Waals surface area contributed by atoms with Gasteiger partial charge in [0.15, 0.2) is 0 Å². The second-order valence-electron chi connectivity index (χ2n) is 12.5. The summed E-state index contributed by atoms with van der Waals surface area (Å²) in [6, 6.07) is 57.0. The van der Waals surface area contributed by atoms with Crippen LogP contribution >= 0.6 is 0 Å². The number of hydrogen-bond donors (Lipinski definition) is 1. The number of para-hydroxylation sites is 2. The Morgan fingerprint density at radius 1 is 0.553 bits per heavy atom. The fourth-order valence-electron chi connectivity index (χ4n) is 7.96. The van der Waals surface area contributed by atoms with Crippen LogP contribution in [0.15, 0.2) is 158 Å². The van der Waals surface area contributed by atoms with Crippen molar-refractivity contribution in [2.75, 3.05) is 0 Å². The smallest absolute Gasteiger partial charge is 0.0550 e. The van der Waals surface area contributed by atoms with Gasteiger partial charge in [-0.15, -0.1) is 0 Å². The molecule has 222 valence electrons. The summed E-state index contributed by atoms with van der Waals surface area (Å²) in [5, 5.41) is 10.8. The molecule has 7 aromatic carbocycles. The lowest BCUT2D eigenvalue weighted by Crippen LogP contribution is -1.99. The van der Waals surface area contributed by atoms with Gasteiger partial charge in [-0.3, -0.25) is 0 Å². The highest BCUT2D eigenvalue weighted by Crippen LogP contribution is 2.51. The third-order valence-electron chi connectivity index (χ3n) is 9.91. The molecule has 1 aromatic heterocycles. The highest BCUT2D eigenvalue weighted by Gasteiger charge is 2.31. The van der Waals surface area contributed by atoms with Crippen LogP contribution < -0.4 is 0 Å². The molecule has 0 radical (unpaired) electrons. The minimum absolute atomic E-state index is 0.201. The zero-order valence-corrected chi connectivity index (χ0v) is 26.1. The first kappa shape index (κ1) is 27.3. The van der Waals surface area contributed by atoms with Gasteiger partial charge in [0, 0.05) is 28.6 Å². The number of aryl methyl sites for hydroxylation is 1. The molecule has 1 aliphatic carbocycles. The van der Waals surface area contributed by atoms with Crippen LogP contribution in [0.3, 0.4) is 0 Å². The van der Waals surface area contributed by atoms with Crippen LogP contribution in [0.2, 0.25) is 0 Å². The molecule has 2 nitrogen and oxygen atoms in total. The summed E-state index contributed by atoms with van der Waals surface area (Å²) in [6.07, 6.45) is 1.49. The van der Waals surface area contributed by atoms with Crippen LogP contribution in [0.25, 0.3) is 60.9 Å². The van der Waals surface area contributed by atoms with Crippen molar-refractivity contribution in [2.24, 2.45) is 0 Å². The number of nitrogens with zero attached hydrogens (tertiary/aromatic N) is 1. The van der Waals surface area contributed by atoms with E-state index in [1.165, 1.54) is 78.1 Å². The third kappa shape index (κ3) is 4.15. The summed E-state index contributed by atoms with van der Waals surface area (Å²) in [7, 11) is 0. The standard InChI is InChI=1S/C45H32N2/c1-29-26-41-45(38-22-12-13-23-40(38)47(41)33-17-6-3-7-18-33)44(42(29)34-19-9-8-16-32(34)28-46)31-24-25-37-39(27-31)35-20-10-11-21-36(35)43(37)30-14-4-2-5-15-30/h2-28,43,46H,1H3. The molecule has 2 heteroatoms. The van der Waals surface area contributed by atoms with E-state index in [0.29, 0.717) is 0 Å². The summed E-state index contributed by atoms with van der Waals surface area (Å²) in [5.74, 6) is 0.201. The first-order valence-corrected chi connectivity index (χ1v) is 16.2. The van der Waals surface area contributed by atoms with E-state index in [4.69, 9.17) is 5.41 Å². The van der Waals surface area contributed by atoms with Crippen LogP contribution in [-0.4, -0.2) is 10.8 Å². The van der Waals surface area contributed by atoms with Crippen LogP contribution in [0.4, 0.5) is 0 Å². The number of fused-ring (bicyclic) bond motifs is 6. The van der Waals surface area contributed by atoms with Gasteiger partial charge in [-0.05, 0) is 98.5 Å². The van der Waals surface area contributed by atoms with Gasteiger partial charge in [-0.1, -0.05) is 127 Å². The summed E-state index contributed by atoms with van der Waals surface area (Å²) < 4.78 is 2.40. The van der Waals surface area contributed by atoms with Gasteiger partial charge in [-0.25, -0.2) is 0 Å². The van der Waals surface area contributed by atoms with E-state index in [0.717, 1.165) is 16.8 Å². The van der Waals surface area contributed by atoms with Crippen LogP contribution in [0.5, 0.6) is 0 Å². The van der Waals surface area contributed by atoms with Crippen LogP contribution in [0.1, 0.15) is 33.7 Å². The molecule has 0 saturated heterocycles. The lowest BCUT2D eigenvalue weighted by atomic mass is 9.84. The topological polar surface area (TPSA) is 28.8 Å². The SMILES string of the molecule is Cc1cc2c(c(-c3ccc4c(c3)-c3ccccc3C4c3ccccc3)c1-c1ccccc1C=N)c1ccccc1n2-c1ccccc1. The largest absolute Gasteiger partial charge is 0.309 e. The number of hydrogen-bond acceptors (Lipinski definition) is 1. The summed E-state index contributed by atoms with van der Waals surface area (Å²) >= 11 is 0. The summed E-state index contributed by atoms with van der Waals surface area (Å²) in [5.41, 5.74) is 16.9. The molecule has 8 aromatic rings. The third-order valence-corrected chi connectivity index (χ3v) is 9.91. The van der Waals surface area contributed by atoms with E-state index in [9.17, 15) is 0 Å². The molecule has 0 spiro atoms. The molecule has 0 saturated carbocycles. The van der Waals surface area contributed by atoms with Crippen molar-refractivity contribution in [1.82, 2.24) is 4.57 Å². The molecule has 0 amide bonds. The van der Waals surface area contributed by atoms with E-state index in [-0.39, 0.29) is 5.92 Å². The molecule has 47 heavy (non-hydrogen) atoms. The molecule has 1 aliphatic rings. The maximum absolute atomic E-state index is 8.35. The fourth-order valence-corrected chi connectivity index (χ4v) is 7.96. The Balaban J connectivity index is 1.41. The number of benzene rings is 7. The molecule has 1 heterocycles. The van der Waals surface area contributed by atoms with Gasteiger partial charge in [-0.2, -0.15) is 0 Å². The van der Waals surface area contributed by atoms with Crippen molar-refractivity contribution in [3.05, 3.63) is 186 Å². The first-order valence-electron chi connectivity index (χ1n) is 16.2. The Bertz CT molecular complexity index is 2490. The minimum Gasteiger partial charge on any atom is -0.309 e. The fraction of sp³-hybridized carbons (Fsp3) is 0.0444. The normalized spacial score (nSPS) is 13.5. The quantitative estimate of drug-likeness (QED) is 0.190. The maximum atomic E-state index is 8.35. The van der Waals surface area contributed by atoms with E-state index in [2.05, 4.69) is 157 Å². The van der Waals surface area contributed by atoms with Crippen molar-refractivity contribution in [3.63, 3.8) is 0 Å². The Labute approximate surface area is 274 Å². The Morgan fingerprint density at radius 3 is 2.02 bits per heavy atom. The van der Waals surface area contributed by atoms with E-state index in [1.54, 1.807) is 0 Å². The molecule has 0 bridgehead atoms. The highest BCUT2D eigenvalue weighted by molar-refractivity contribution is 6.20. The number of rotatable bonds is 5. The molecular weight excluding hydrogens is 569 g/mol. The Kier molecular flexibility index (Phi) is 6.29. The van der Waals surface area contributed by atoms with Gasteiger partial charge in [0.1, 0.15) is 0 Å². The monoisotopic (exact) mass is 600 g/mol. The highest BCUT2D eigenvalue weighted by atomic mass is 15.0. The van der Waals surface area contributed by atoms with Gasteiger partial charge >= 0.3 is 0 Å². The van der Waals surface area contributed by atoms with Crippen molar-refractivity contribution >= 4 is 28.0 Å². The molecule has 1 atom stereocenters. The predicted molar refractivity (Wildman–Crippen MR) is 197 cm³/mol. The summed E-state index contributed by atoms with van der Waals surface area (Å²) in [6.45, 7) is 2.22. The van der Waals surface area contributed by atoms with Gasteiger partial charge in [0.2, 0.25) is 0 Å². The molecule has 1 unspecified atom stereocenters. The van der Waals surface area contributed by atoms with Crippen LogP contribution in [-0.2, 0) is 0 Å². The van der Waals surface area contributed by atoms with Gasteiger partial charge in [0.05, 0.1) is 11.0 Å². The van der Waals surface area contributed by atoms with Crippen molar-refractivity contribution in [2.45, 2.75) is 12.8 Å². The molecule has 1 N–H and O–H groups in total. The second-order valence-corrected chi connectivity index (χ2v) is 12.5. The minimum atomic E-state index is 0.201. The Hall–Kier alpha value is -5.99. The summed E-state index contributed by atoms with van der Waals surface area (Å²) in [4.78, 5) is 0. The lowest BCUT2D eigenvalue weighted by molar-refractivity contribution is 1.02. The molecular formula is C45H32N2. The van der Waals surface area contributed by atoms with Crippen molar-refractivity contribution in [3.8, 4) is 39.1 Å². The molecule has 0 aliphatic heterocycles.